The summed E-state index contributed by atoms with van der Waals surface area (Å²) in [7, 11) is 0. The molecule has 0 aliphatic carbocycles. The summed E-state index contributed by atoms with van der Waals surface area (Å²) in [6, 6.07) is 3.45. The number of carbonyl (C=O) groups is 16. The first-order valence-electron chi connectivity index (χ1n) is 45.6. The lowest BCUT2D eigenvalue weighted by Crippen LogP contribution is -2.62. The number of phenols is 2. The van der Waals surface area contributed by atoms with Gasteiger partial charge in [0.1, 0.15) is 96.1 Å². The molecule has 0 bridgehead atoms. The van der Waals surface area contributed by atoms with Crippen LogP contribution in [0, 0.1) is 40.9 Å². The Kier molecular flexibility index (Phi) is 47.6. The Hall–Kier alpha value is -13.0. The van der Waals surface area contributed by atoms with Crippen molar-refractivity contribution in [2.24, 2.45) is 47.0 Å². The number of guanidine groups is 1. The molecule has 0 fully saturated rings. The number of H-pyrrole nitrogens is 1. The standard InChI is InChI=1S/C94H139N19O22S/c1-14-54(12)78(92(133)111-75(48-115)90(131)112-77(53(10)11)91(132)109-73(93(134)135)43-55-21-16-15-17-22-55)113-88(129)70(42-57-28-32-60(117)33-29-57)106-83(124)67(39-51(6)7)102-82(123)66(38-50(4)5)104-87(128)72(45-76(118)119)108-84(125)68(40-52(8)9)103-86(127)71(44-58-46-99-63-24-19-18-23-61(58)63)107-80(121)64(25-20-35-98-94(96)97)100-89(130)74(47-114)110-85(126)69(41-56-26-30-59(116)31-27-56)105-81(122)65(37-49(2)3)101-79(120)62(95)34-36-136-13/h15-19,21-24,26-33,46,49-54,62,64-75,77-78,99,114-117H,14,20,25,34-45,47-48,95H2,1-13H3,(H,100,130)(H,101,120)(H,102,123)(H,103,127)(H,104,128)(H,105,122)(H,106,124)(H,107,121)(H,108,125)(H,109,132)(H,110,126)(H,111,133)(H,112,131)(H,113,129)(H,118,119)(H,134,135)(H4,96,97,98)/t54-,62-,64-,65-,66-,67-,68-,69-,70-,71-,72-,73-,74-,75-,77-,78-/m0/s1. The molecule has 0 aliphatic rings. The van der Waals surface area contributed by atoms with Crippen LogP contribution in [0.2, 0.25) is 0 Å². The summed E-state index contributed by atoms with van der Waals surface area (Å²) >= 11 is 1.47. The van der Waals surface area contributed by atoms with Crippen molar-refractivity contribution in [1.82, 2.24) is 84.7 Å². The number of benzene rings is 4. The maximum Gasteiger partial charge on any atom is 0.326 e. The molecule has 0 saturated carbocycles. The molecule has 0 saturated heterocycles. The average molecular weight is 1920 g/mol. The molecule has 4 aromatic carbocycles. The molecule has 748 valence electrons. The van der Waals surface area contributed by atoms with E-state index >= 15 is 9.59 Å². The number of nitrogens with two attached hydrogens (primary N) is 2. The number of aromatic amines is 1. The topological polar surface area (TPSA) is 667 Å². The summed E-state index contributed by atoms with van der Waals surface area (Å²) < 4.78 is 0. The Balaban J connectivity index is 1.42. The third-order valence-corrected chi connectivity index (χ3v) is 22.9. The molecular weight excluding hydrogens is 1780 g/mol. The van der Waals surface area contributed by atoms with Crippen LogP contribution < -0.4 is 91.2 Å². The zero-order valence-corrected chi connectivity index (χ0v) is 80.1. The fourth-order valence-electron chi connectivity index (χ4n) is 14.7. The van der Waals surface area contributed by atoms with Crippen molar-refractivity contribution in [2.75, 3.05) is 31.8 Å². The van der Waals surface area contributed by atoms with E-state index in [2.05, 4.69) is 84.7 Å². The average Bonchev–Trinajstić information content (AvgIpc) is 1.61. The minimum Gasteiger partial charge on any atom is -0.508 e. The molecule has 1 aromatic heterocycles. The lowest BCUT2D eigenvalue weighted by molar-refractivity contribution is -0.142. The molecule has 14 amide bonds. The predicted molar refractivity (Wildman–Crippen MR) is 509 cm³/mol. The number of aliphatic hydroxyl groups is 2. The Morgan fingerprint density at radius 3 is 1.18 bits per heavy atom. The quantitative estimate of drug-likeness (QED) is 0.0142. The van der Waals surface area contributed by atoms with E-state index in [1.165, 1.54) is 60.3 Å². The van der Waals surface area contributed by atoms with E-state index in [0.717, 1.165) is 0 Å². The van der Waals surface area contributed by atoms with Crippen LogP contribution in [0.1, 0.15) is 163 Å². The minimum atomic E-state index is -2.00. The molecule has 41 nitrogen and oxygen atoms in total. The molecule has 0 spiro atoms. The van der Waals surface area contributed by atoms with Gasteiger partial charge in [0.05, 0.1) is 25.7 Å². The van der Waals surface area contributed by atoms with Gasteiger partial charge in [-0.15, -0.1) is 0 Å². The number of aliphatic hydroxyl groups excluding tert-OH is 2. The monoisotopic (exact) mass is 1920 g/mol. The molecule has 5 aromatic rings. The highest BCUT2D eigenvalue weighted by molar-refractivity contribution is 7.98. The summed E-state index contributed by atoms with van der Waals surface area (Å²) in [4.78, 5) is 232. The lowest BCUT2D eigenvalue weighted by atomic mass is 9.96. The smallest absolute Gasteiger partial charge is 0.326 e. The molecule has 136 heavy (non-hydrogen) atoms. The molecule has 16 atom stereocenters. The van der Waals surface area contributed by atoms with Crippen LogP contribution in [0.25, 0.3) is 10.9 Å². The number of aromatic hydroxyl groups is 2. The number of carboxylic acid groups (broad SMARTS) is 2. The van der Waals surface area contributed by atoms with Crippen molar-refractivity contribution in [3.8, 4) is 11.5 Å². The zero-order chi connectivity index (χ0) is 101. The number of fused-ring (bicyclic) bond motifs is 1. The second kappa shape index (κ2) is 57.0. The van der Waals surface area contributed by atoms with E-state index in [-0.39, 0.29) is 101 Å². The summed E-state index contributed by atoms with van der Waals surface area (Å²) in [6.07, 6.45) is 1.21. The fourth-order valence-corrected chi connectivity index (χ4v) is 15.2. The van der Waals surface area contributed by atoms with Gasteiger partial charge in [0.25, 0.3) is 0 Å². The highest BCUT2D eigenvalue weighted by atomic mass is 32.2. The van der Waals surface area contributed by atoms with Crippen molar-refractivity contribution in [1.29, 1.82) is 5.41 Å². The van der Waals surface area contributed by atoms with Crippen LogP contribution in [0.5, 0.6) is 11.5 Å². The Labute approximate surface area is 795 Å². The van der Waals surface area contributed by atoms with Crippen LogP contribution in [0.15, 0.2) is 109 Å². The van der Waals surface area contributed by atoms with Gasteiger partial charge in [0.15, 0.2) is 5.96 Å². The molecule has 0 aliphatic heterocycles. The van der Waals surface area contributed by atoms with Gasteiger partial charge in [-0.05, 0) is 145 Å². The number of rotatable bonds is 59. The van der Waals surface area contributed by atoms with Crippen molar-refractivity contribution in [2.45, 2.75) is 257 Å². The van der Waals surface area contributed by atoms with Gasteiger partial charge >= 0.3 is 11.9 Å². The van der Waals surface area contributed by atoms with Crippen LogP contribution in [0.3, 0.4) is 0 Å². The molecular formula is C94H139N19O22S. The fraction of sp³-hybridized carbons (Fsp3) is 0.543. The Morgan fingerprint density at radius 2 is 0.743 bits per heavy atom. The number of hydrogen-bond acceptors (Lipinski definition) is 23. The highest BCUT2D eigenvalue weighted by Gasteiger charge is 2.41. The van der Waals surface area contributed by atoms with Gasteiger partial charge < -0.3 is 127 Å². The first-order valence-corrected chi connectivity index (χ1v) is 47.0. The van der Waals surface area contributed by atoms with E-state index in [4.69, 9.17) is 16.9 Å². The predicted octanol–water partition coefficient (Wildman–Crippen LogP) is 0.411. The Morgan fingerprint density at radius 1 is 0.397 bits per heavy atom. The van der Waals surface area contributed by atoms with Gasteiger partial charge in [-0.1, -0.05) is 162 Å². The number of carbonyl (C=O) groups excluding carboxylic acids is 14. The molecule has 1 heterocycles. The summed E-state index contributed by atoms with van der Waals surface area (Å²) in [5, 5.41) is 109. The summed E-state index contributed by atoms with van der Waals surface area (Å²) in [5.74, 6) is -19.7. The molecule has 0 radical (unpaired) electrons. The van der Waals surface area contributed by atoms with E-state index in [1.54, 1.807) is 130 Å². The Bertz CT molecular complexity index is 4830. The van der Waals surface area contributed by atoms with Gasteiger partial charge in [0, 0.05) is 49.3 Å². The highest BCUT2D eigenvalue weighted by Crippen LogP contribution is 2.23. The SMILES string of the molecule is CC[C@H](C)[C@H](NC(=O)[C@H](Cc1ccc(O)cc1)NC(=O)[C@H](CC(C)C)NC(=O)[C@H](CC(C)C)NC(=O)[C@H](CC(=O)O)NC(=O)[C@H](CC(C)C)NC(=O)[C@H](Cc1c[nH]c2ccccc12)NC(=O)[C@H](CCCNC(=N)N)NC(=O)[C@H](CO)NC(=O)[C@H](Cc1ccc(O)cc1)NC(=O)[C@H](CC(C)C)NC(=O)[C@@H](N)CCSC)C(=O)N[C@@H](CO)C(=O)N[C@H](C(=O)N[C@@H](Cc1ccccc1)C(=O)O)C(C)C. The van der Waals surface area contributed by atoms with E-state index in [1.807, 2.05) is 20.1 Å². The minimum absolute atomic E-state index is 0.00279. The third-order valence-electron chi connectivity index (χ3n) is 22.3. The number of carboxylic acids is 2. The van der Waals surface area contributed by atoms with Crippen molar-refractivity contribution in [3.05, 3.63) is 132 Å². The van der Waals surface area contributed by atoms with Gasteiger partial charge in [-0.25, -0.2) is 4.79 Å². The number of aliphatic carboxylic acids is 2. The second-order valence-electron chi connectivity index (χ2n) is 36.0. The van der Waals surface area contributed by atoms with Gasteiger partial charge in [-0.2, -0.15) is 11.8 Å². The summed E-state index contributed by atoms with van der Waals surface area (Å²) in [6.45, 7) is 18.1. The number of aromatic nitrogens is 1. The van der Waals surface area contributed by atoms with Crippen molar-refractivity contribution in [3.63, 3.8) is 0 Å². The second-order valence-corrected chi connectivity index (χ2v) is 37.0. The van der Waals surface area contributed by atoms with Crippen molar-refractivity contribution >= 4 is 123 Å². The first-order chi connectivity index (χ1) is 64.2. The third kappa shape index (κ3) is 38.8. The van der Waals surface area contributed by atoms with Crippen LogP contribution in [-0.2, 0) is 102 Å². The first kappa shape index (κ1) is 114. The van der Waals surface area contributed by atoms with Crippen LogP contribution >= 0.6 is 11.8 Å². The number of phenolic OH excluding ortho intramolecular Hbond substituents is 2. The van der Waals surface area contributed by atoms with E-state index < -0.39 is 235 Å². The molecule has 42 heteroatoms. The van der Waals surface area contributed by atoms with Gasteiger partial charge in [-0.3, -0.25) is 77.3 Å². The largest absolute Gasteiger partial charge is 0.508 e. The van der Waals surface area contributed by atoms with E-state index in [9.17, 15) is 97.8 Å². The molecule has 0 unspecified atom stereocenters. The normalized spacial score (nSPS) is 14.9. The number of nitrogens with one attached hydrogen (secondary N) is 17. The number of para-hydroxylation sites is 1. The lowest BCUT2D eigenvalue weighted by Gasteiger charge is -2.30. The van der Waals surface area contributed by atoms with Crippen LogP contribution in [-0.4, -0.2) is 259 Å². The maximum absolute atomic E-state index is 15.3. The number of thioether (sulfide) groups is 1. The van der Waals surface area contributed by atoms with Gasteiger partial charge in [0.2, 0.25) is 82.7 Å². The number of hydrogen-bond donors (Lipinski definition) is 25. The van der Waals surface area contributed by atoms with Crippen LogP contribution in [0.4, 0.5) is 0 Å². The number of amides is 14. The molecule has 5 rings (SSSR count). The van der Waals surface area contributed by atoms with E-state index in [0.29, 0.717) is 45.3 Å². The van der Waals surface area contributed by atoms with Crippen molar-refractivity contribution < 1.29 is 107 Å². The summed E-state index contributed by atoms with van der Waals surface area (Å²) in [5.41, 5.74) is 14.2. The maximum atomic E-state index is 15.3. The molecule has 27 N–H and O–H groups in total. The zero-order valence-electron chi connectivity index (χ0n) is 79.3.